The van der Waals surface area contributed by atoms with Crippen LogP contribution in [0.4, 0.5) is 0 Å². The van der Waals surface area contributed by atoms with Crippen LogP contribution in [0, 0.1) is 40.4 Å². The highest BCUT2D eigenvalue weighted by atomic mass is 16.3. The number of rotatable bonds is 5. The molecule has 6 rings (SSSR count). The van der Waals surface area contributed by atoms with Crippen LogP contribution in [-0.4, -0.2) is 68.8 Å². The van der Waals surface area contributed by atoms with E-state index in [4.69, 9.17) is 0 Å². The van der Waals surface area contributed by atoms with Crippen LogP contribution in [0.5, 0.6) is 0 Å². The number of aliphatic hydroxyl groups excluding tert-OH is 1. The largest absolute Gasteiger partial charge is 0.393 e. The van der Waals surface area contributed by atoms with E-state index in [2.05, 4.69) is 31.9 Å². The van der Waals surface area contributed by atoms with Crippen molar-refractivity contribution in [2.24, 2.45) is 47.5 Å². The molecule has 40 heavy (non-hydrogen) atoms. The van der Waals surface area contributed by atoms with Crippen LogP contribution >= 0.6 is 0 Å². The van der Waals surface area contributed by atoms with Crippen molar-refractivity contribution < 1.29 is 14.7 Å². The molecule has 1 N–H and O–H groups in total. The van der Waals surface area contributed by atoms with Gasteiger partial charge < -0.3 is 14.9 Å². The van der Waals surface area contributed by atoms with E-state index in [1.165, 1.54) is 32.1 Å². The first kappa shape index (κ1) is 28.0. The molecule has 1 aliphatic heterocycles. The quantitative estimate of drug-likeness (QED) is 0.520. The predicted octanol–water partition coefficient (Wildman–Crippen LogP) is 5.06. The molecule has 2 heterocycles. The number of allylic oxidation sites excluding steroid dienone is 1. The van der Waals surface area contributed by atoms with Gasteiger partial charge in [-0.2, -0.15) is 5.10 Å². The Morgan fingerprint density at radius 1 is 1.05 bits per heavy atom. The third kappa shape index (κ3) is 4.74. The van der Waals surface area contributed by atoms with Gasteiger partial charge in [0, 0.05) is 45.8 Å². The Balaban J connectivity index is 1.02. The topological polar surface area (TPSA) is 78.7 Å². The summed E-state index contributed by atoms with van der Waals surface area (Å²) >= 11 is 0. The van der Waals surface area contributed by atoms with Crippen molar-refractivity contribution in [1.82, 2.24) is 19.6 Å². The van der Waals surface area contributed by atoms with E-state index in [9.17, 15) is 14.7 Å². The average Bonchev–Trinajstić information content (AvgIpc) is 3.54. The van der Waals surface area contributed by atoms with E-state index in [0.717, 1.165) is 43.4 Å². The first-order chi connectivity index (χ1) is 19.1. The van der Waals surface area contributed by atoms with Crippen LogP contribution in [0.25, 0.3) is 0 Å². The highest BCUT2D eigenvalue weighted by Crippen LogP contribution is 2.67. The number of aliphatic hydroxyl groups is 1. The number of amides is 2. The van der Waals surface area contributed by atoms with Crippen molar-refractivity contribution in [3.8, 4) is 0 Å². The minimum Gasteiger partial charge on any atom is -0.393 e. The monoisotopic (exact) mass is 550 g/mol. The molecule has 2 amide bonds. The summed E-state index contributed by atoms with van der Waals surface area (Å²) in [5, 5.41) is 14.4. The zero-order valence-corrected chi connectivity index (χ0v) is 25.1. The van der Waals surface area contributed by atoms with Crippen molar-refractivity contribution >= 4 is 11.8 Å². The van der Waals surface area contributed by atoms with Gasteiger partial charge in [-0.15, -0.1) is 0 Å². The Labute approximate surface area is 240 Å². The molecule has 0 unspecified atom stereocenters. The number of aromatic nitrogens is 2. The molecule has 0 aromatic carbocycles. The molecule has 7 heteroatoms. The summed E-state index contributed by atoms with van der Waals surface area (Å²) in [6.45, 7) is 9.94. The first-order valence-corrected chi connectivity index (χ1v) is 16.0. The second-order valence-electron chi connectivity index (χ2n) is 14.5. The van der Waals surface area contributed by atoms with Crippen LogP contribution in [0.2, 0.25) is 0 Å². The minimum atomic E-state index is -0.137. The van der Waals surface area contributed by atoms with Gasteiger partial charge in [0.15, 0.2) is 0 Å². The number of hydrogen-bond acceptors (Lipinski definition) is 4. The lowest BCUT2D eigenvalue weighted by atomic mass is 9.47. The summed E-state index contributed by atoms with van der Waals surface area (Å²) in [6, 6.07) is 0. The summed E-state index contributed by atoms with van der Waals surface area (Å²) < 4.78 is 1.65. The zero-order chi connectivity index (χ0) is 28.2. The molecule has 8 atom stereocenters. The molecule has 1 aromatic rings. The summed E-state index contributed by atoms with van der Waals surface area (Å²) in [5.41, 5.74) is 2.86. The minimum absolute atomic E-state index is 0.00678. The molecule has 4 aliphatic carbocycles. The molecule has 7 nitrogen and oxygen atoms in total. The highest BCUT2D eigenvalue weighted by molar-refractivity contribution is 5.94. The van der Waals surface area contributed by atoms with Crippen LogP contribution in [0.3, 0.4) is 0 Å². The Kier molecular flexibility index (Phi) is 7.42. The number of aryl methyl sites for hydroxylation is 1. The van der Waals surface area contributed by atoms with Gasteiger partial charge in [0.2, 0.25) is 5.91 Å². The maximum atomic E-state index is 13.2. The number of carbonyl (C=O) groups is 2. The molecule has 5 aliphatic rings. The Hall–Kier alpha value is -2.15. The molecule has 1 saturated heterocycles. The fourth-order valence-electron chi connectivity index (χ4n) is 10.2. The lowest BCUT2D eigenvalue weighted by Gasteiger charge is -2.58. The second kappa shape index (κ2) is 10.6. The summed E-state index contributed by atoms with van der Waals surface area (Å²) in [7, 11) is 1.82. The Bertz CT molecular complexity index is 1150. The summed E-state index contributed by atoms with van der Waals surface area (Å²) in [5.74, 6) is 3.87. The van der Waals surface area contributed by atoms with E-state index >= 15 is 0 Å². The third-order valence-corrected chi connectivity index (χ3v) is 12.5. The fourth-order valence-corrected chi connectivity index (χ4v) is 10.2. The van der Waals surface area contributed by atoms with E-state index in [1.807, 2.05) is 16.8 Å². The van der Waals surface area contributed by atoms with Gasteiger partial charge >= 0.3 is 0 Å². The van der Waals surface area contributed by atoms with Gasteiger partial charge in [0.1, 0.15) is 0 Å². The van der Waals surface area contributed by atoms with Crippen molar-refractivity contribution in [2.75, 3.05) is 26.2 Å². The van der Waals surface area contributed by atoms with Gasteiger partial charge in [-0.1, -0.05) is 32.4 Å². The normalized spacial score (nSPS) is 38.2. The van der Waals surface area contributed by atoms with Gasteiger partial charge in [0.25, 0.3) is 5.91 Å². The predicted molar refractivity (Wildman–Crippen MR) is 155 cm³/mol. The number of hydrogen-bond donors (Lipinski definition) is 1. The van der Waals surface area contributed by atoms with Crippen molar-refractivity contribution in [3.05, 3.63) is 29.6 Å². The maximum absolute atomic E-state index is 13.2. The average molecular weight is 551 g/mol. The van der Waals surface area contributed by atoms with E-state index in [0.29, 0.717) is 60.8 Å². The molecule has 0 spiro atoms. The smallest absolute Gasteiger partial charge is 0.257 e. The second-order valence-corrected chi connectivity index (χ2v) is 14.5. The maximum Gasteiger partial charge on any atom is 0.257 e. The molecule has 0 radical (unpaired) electrons. The van der Waals surface area contributed by atoms with Crippen LogP contribution in [-0.2, 0) is 11.8 Å². The van der Waals surface area contributed by atoms with Gasteiger partial charge in [-0.05, 0) is 98.2 Å². The van der Waals surface area contributed by atoms with E-state index in [1.54, 1.807) is 22.6 Å². The molecule has 4 fully saturated rings. The van der Waals surface area contributed by atoms with Gasteiger partial charge in [-0.25, -0.2) is 0 Å². The number of nitrogens with zero attached hydrogens (tertiary/aromatic N) is 4. The lowest BCUT2D eigenvalue weighted by molar-refractivity contribution is -0.133. The third-order valence-electron chi connectivity index (χ3n) is 12.5. The standard InChI is InChI=1S/C33H50N4O3/c1-22(5-10-30(39)36-15-17-37(18-16-36)31(40)23-20-34-35(4)21-23)27-8-9-28-26-7-6-24-19-25(38)11-13-32(24,2)29(26)12-14-33(27,28)3/h6,20-22,25-29,38H,5,7-19H2,1-4H3/t22-,25+,26+,27-,28+,29+,32+,33-/m1/s1. The molecular formula is C33H50N4O3. The summed E-state index contributed by atoms with van der Waals surface area (Å²) in [6.07, 6.45) is 16.9. The number of fused-ring (bicyclic) bond motifs is 5. The number of piperazine rings is 1. The molecule has 3 saturated carbocycles. The highest BCUT2D eigenvalue weighted by Gasteiger charge is 2.59. The molecule has 1 aromatic heterocycles. The molecule has 220 valence electrons. The van der Waals surface area contributed by atoms with Crippen molar-refractivity contribution in [1.29, 1.82) is 0 Å². The van der Waals surface area contributed by atoms with E-state index < -0.39 is 0 Å². The summed E-state index contributed by atoms with van der Waals surface area (Å²) in [4.78, 5) is 29.8. The van der Waals surface area contributed by atoms with Crippen molar-refractivity contribution in [3.63, 3.8) is 0 Å². The number of carbonyl (C=O) groups excluding carboxylic acids is 2. The van der Waals surface area contributed by atoms with E-state index in [-0.39, 0.29) is 17.9 Å². The SMILES string of the molecule is C[C@H](CCC(=O)N1CCN(C(=O)c2cnn(C)c2)CC1)[C@H]1CC[C@H]2[C@@H]3CC=C4C[C@@H](O)CC[C@]4(C)[C@H]3CC[C@]12C. The van der Waals surface area contributed by atoms with Gasteiger partial charge in [-0.3, -0.25) is 14.3 Å². The van der Waals surface area contributed by atoms with Crippen molar-refractivity contribution in [2.45, 2.75) is 91.1 Å². The lowest BCUT2D eigenvalue weighted by Crippen LogP contribution is -2.51. The van der Waals surface area contributed by atoms with Gasteiger partial charge in [0.05, 0.1) is 17.9 Å². The van der Waals surface area contributed by atoms with Crippen LogP contribution < -0.4 is 0 Å². The Morgan fingerprint density at radius 2 is 1.80 bits per heavy atom. The fraction of sp³-hybridized carbons (Fsp3) is 0.788. The first-order valence-electron chi connectivity index (χ1n) is 16.0. The van der Waals surface area contributed by atoms with Crippen LogP contribution in [0.15, 0.2) is 24.0 Å². The van der Waals surface area contributed by atoms with Crippen LogP contribution in [0.1, 0.15) is 95.3 Å². The molecule has 0 bridgehead atoms. The zero-order valence-electron chi connectivity index (χ0n) is 25.1. The molecular weight excluding hydrogens is 500 g/mol. The Morgan fingerprint density at radius 3 is 2.52 bits per heavy atom.